The zero-order chi connectivity index (χ0) is 19.2. The second kappa shape index (κ2) is 8.57. The molecule has 1 aliphatic heterocycles. The summed E-state index contributed by atoms with van der Waals surface area (Å²) in [5, 5.41) is 2.78. The first kappa shape index (κ1) is 18.8. The van der Waals surface area contributed by atoms with Crippen molar-refractivity contribution in [3.05, 3.63) is 65.5 Å². The summed E-state index contributed by atoms with van der Waals surface area (Å²) in [6.45, 7) is 1.05. The van der Waals surface area contributed by atoms with E-state index >= 15 is 0 Å². The fourth-order valence-corrected chi connectivity index (χ4v) is 2.86. The molecule has 27 heavy (non-hydrogen) atoms. The first-order valence-electron chi connectivity index (χ1n) is 8.67. The number of pyridine rings is 1. The molecule has 1 fully saturated rings. The van der Waals surface area contributed by atoms with Gasteiger partial charge in [0, 0.05) is 56.1 Å². The number of hydrogen-bond acceptors (Lipinski definition) is 3. The third-order valence-electron chi connectivity index (χ3n) is 4.37. The molecular weight excluding hydrogens is 354 g/mol. The van der Waals surface area contributed by atoms with Crippen molar-refractivity contribution in [1.29, 1.82) is 0 Å². The fourth-order valence-electron chi connectivity index (χ4n) is 2.86. The quantitative estimate of drug-likeness (QED) is 0.870. The molecule has 6 nitrogen and oxygen atoms in total. The molecule has 0 radical (unpaired) electrons. The van der Waals surface area contributed by atoms with Gasteiger partial charge in [0.15, 0.2) is 0 Å². The number of aromatic nitrogens is 1. The van der Waals surface area contributed by atoms with E-state index in [1.165, 1.54) is 15.9 Å². The second-order valence-electron chi connectivity index (χ2n) is 6.28. The summed E-state index contributed by atoms with van der Waals surface area (Å²) in [5.41, 5.74) is 1.12. The van der Waals surface area contributed by atoms with Crippen molar-refractivity contribution >= 4 is 11.9 Å². The van der Waals surface area contributed by atoms with E-state index in [1.54, 1.807) is 6.20 Å². The molecule has 2 heterocycles. The molecule has 2 aromatic rings. The summed E-state index contributed by atoms with van der Waals surface area (Å²) >= 11 is 0. The topological polar surface area (TPSA) is 65.5 Å². The molecule has 0 aliphatic carbocycles. The SMILES string of the molecule is O=C1CN(C(=O)NCCc2ccccn2)CCN1Cc1ccc(F)cc1F. The highest BCUT2D eigenvalue weighted by molar-refractivity contribution is 5.85. The summed E-state index contributed by atoms with van der Waals surface area (Å²) in [6, 6.07) is 8.56. The van der Waals surface area contributed by atoms with Crippen LogP contribution in [0.3, 0.4) is 0 Å². The Morgan fingerprint density at radius 3 is 2.74 bits per heavy atom. The van der Waals surface area contributed by atoms with Gasteiger partial charge in [0.05, 0.1) is 0 Å². The molecule has 1 aliphatic rings. The number of urea groups is 1. The average Bonchev–Trinajstić information content (AvgIpc) is 2.66. The van der Waals surface area contributed by atoms with E-state index in [1.807, 2.05) is 18.2 Å². The first-order valence-corrected chi connectivity index (χ1v) is 8.67. The monoisotopic (exact) mass is 374 g/mol. The Balaban J connectivity index is 1.47. The predicted octanol–water partition coefficient (Wildman–Crippen LogP) is 1.96. The number of amides is 3. The van der Waals surface area contributed by atoms with Gasteiger partial charge in [-0.25, -0.2) is 13.6 Å². The molecule has 3 amide bonds. The van der Waals surface area contributed by atoms with Crippen molar-refractivity contribution in [3.63, 3.8) is 0 Å². The summed E-state index contributed by atoms with van der Waals surface area (Å²) in [4.78, 5) is 31.6. The lowest BCUT2D eigenvalue weighted by molar-refractivity contribution is -0.135. The van der Waals surface area contributed by atoms with Gasteiger partial charge in [0.1, 0.15) is 18.2 Å². The molecule has 0 atom stereocenters. The fraction of sp³-hybridized carbons (Fsp3) is 0.316. The van der Waals surface area contributed by atoms with Crippen LogP contribution in [-0.2, 0) is 17.8 Å². The van der Waals surface area contributed by atoms with Crippen molar-refractivity contribution in [3.8, 4) is 0 Å². The average molecular weight is 374 g/mol. The van der Waals surface area contributed by atoms with E-state index in [0.29, 0.717) is 26.1 Å². The molecule has 0 bridgehead atoms. The van der Waals surface area contributed by atoms with Gasteiger partial charge >= 0.3 is 6.03 Å². The van der Waals surface area contributed by atoms with E-state index < -0.39 is 11.6 Å². The Kier molecular flexibility index (Phi) is 5.95. The molecule has 8 heteroatoms. The van der Waals surface area contributed by atoms with Crippen LogP contribution in [0.15, 0.2) is 42.6 Å². The zero-order valence-electron chi connectivity index (χ0n) is 14.7. The summed E-state index contributed by atoms with van der Waals surface area (Å²) in [7, 11) is 0. The zero-order valence-corrected chi connectivity index (χ0v) is 14.7. The molecule has 1 aromatic carbocycles. The number of carbonyl (C=O) groups is 2. The number of halogens is 2. The van der Waals surface area contributed by atoms with Crippen LogP contribution in [0, 0.1) is 11.6 Å². The Hall–Kier alpha value is -3.03. The predicted molar refractivity (Wildman–Crippen MR) is 94.7 cm³/mol. The third kappa shape index (κ3) is 4.99. The maximum absolute atomic E-state index is 13.8. The van der Waals surface area contributed by atoms with Crippen molar-refractivity contribution < 1.29 is 18.4 Å². The lowest BCUT2D eigenvalue weighted by Gasteiger charge is -2.34. The van der Waals surface area contributed by atoms with Gasteiger partial charge in [0.25, 0.3) is 0 Å². The molecule has 0 saturated carbocycles. The second-order valence-corrected chi connectivity index (χ2v) is 6.28. The van der Waals surface area contributed by atoms with Crippen molar-refractivity contribution in [1.82, 2.24) is 20.1 Å². The van der Waals surface area contributed by atoms with Gasteiger partial charge in [-0.05, 0) is 18.2 Å². The minimum atomic E-state index is -0.683. The Bertz CT molecular complexity index is 817. The van der Waals surface area contributed by atoms with Crippen molar-refractivity contribution in [2.45, 2.75) is 13.0 Å². The summed E-state index contributed by atoms with van der Waals surface area (Å²) < 4.78 is 26.7. The maximum Gasteiger partial charge on any atom is 0.317 e. The van der Waals surface area contributed by atoms with Crippen LogP contribution >= 0.6 is 0 Å². The molecular formula is C19H20F2N4O2. The van der Waals surface area contributed by atoms with Crippen molar-refractivity contribution in [2.75, 3.05) is 26.2 Å². The molecule has 142 valence electrons. The van der Waals surface area contributed by atoms with Crippen LogP contribution in [0.2, 0.25) is 0 Å². The third-order valence-corrected chi connectivity index (χ3v) is 4.37. The van der Waals surface area contributed by atoms with E-state index in [9.17, 15) is 18.4 Å². The number of nitrogens with zero attached hydrogens (tertiary/aromatic N) is 3. The van der Waals surface area contributed by atoms with E-state index in [0.717, 1.165) is 17.8 Å². The summed E-state index contributed by atoms with van der Waals surface area (Å²) in [6.07, 6.45) is 2.29. The van der Waals surface area contributed by atoms with E-state index in [2.05, 4.69) is 10.3 Å². The number of piperazine rings is 1. The Morgan fingerprint density at radius 1 is 1.19 bits per heavy atom. The van der Waals surface area contributed by atoms with Gasteiger partial charge < -0.3 is 15.1 Å². The standard InChI is InChI=1S/C19H20F2N4O2/c20-15-5-4-14(17(21)11-15)12-24-9-10-25(13-18(24)26)19(27)23-8-6-16-3-1-2-7-22-16/h1-5,7,11H,6,8-10,12-13H2,(H,23,27). The largest absolute Gasteiger partial charge is 0.338 e. The molecule has 1 N–H and O–H groups in total. The Labute approximate surface area is 155 Å². The van der Waals surface area contributed by atoms with Crippen LogP contribution in [0.25, 0.3) is 0 Å². The number of benzene rings is 1. The lowest BCUT2D eigenvalue weighted by Crippen LogP contribution is -2.54. The minimum Gasteiger partial charge on any atom is -0.338 e. The molecule has 0 spiro atoms. The maximum atomic E-state index is 13.8. The van der Waals surface area contributed by atoms with E-state index in [4.69, 9.17) is 0 Å². The van der Waals surface area contributed by atoms with Gasteiger partial charge in [-0.1, -0.05) is 12.1 Å². The van der Waals surface area contributed by atoms with Gasteiger partial charge in [-0.2, -0.15) is 0 Å². The number of carbonyl (C=O) groups excluding carboxylic acids is 2. The molecule has 1 saturated heterocycles. The highest BCUT2D eigenvalue weighted by atomic mass is 19.1. The number of rotatable bonds is 5. The van der Waals surface area contributed by atoms with Crippen LogP contribution in [0.4, 0.5) is 13.6 Å². The summed E-state index contributed by atoms with van der Waals surface area (Å²) in [5.74, 6) is -1.61. The minimum absolute atomic E-state index is 0.0556. The van der Waals surface area contributed by atoms with Crippen LogP contribution in [-0.4, -0.2) is 52.9 Å². The smallest absolute Gasteiger partial charge is 0.317 e. The number of nitrogens with one attached hydrogen (secondary N) is 1. The molecule has 0 unspecified atom stereocenters. The molecule has 3 rings (SSSR count). The van der Waals surface area contributed by atoms with Crippen molar-refractivity contribution in [2.24, 2.45) is 0 Å². The van der Waals surface area contributed by atoms with E-state index in [-0.39, 0.29) is 30.6 Å². The number of hydrogen-bond donors (Lipinski definition) is 1. The Morgan fingerprint density at radius 2 is 2.04 bits per heavy atom. The van der Waals surface area contributed by atoms with Crippen LogP contribution in [0.5, 0.6) is 0 Å². The van der Waals surface area contributed by atoms with Crippen LogP contribution in [0.1, 0.15) is 11.3 Å². The van der Waals surface area contributed by atoms with Crippen LogP contribution < -0.4 is 5.32 Å². The normalized spacial score (nSPS) is 14.4. The molecule has 1 aromatic heterocycles. The first-order chi connectivity index (χ1) is 13.0. The van der Waals surface area contributed by atoms with Gasteiger partial charge in [-0.15, -0.1) is 0 Å². The highest BCUT2D eigenvalue weighted by Crippen LogP contribution is 2.14. The highest BCUT2D eigenvalue weighted by Gasteiger charge is 2.27. The lowest BCUT2D eigenvalue weighted by atomic mass is 10.1. The van der Waals surface area contributed by atoms with Gasteiger partial charge in [0.2, 0.25) is 5.91 Å². The van der Waals surface area contributed by atoms with Gasteiger partial charge in [-0.3, -0.25) is 9.78 Å².